The summed E-state index contributed by atoms with van der Waals surface area (Å²) in [4.78, 5) is 26.0. The van der Waals surface area contributed by atoms with Crippen LogP contribution in [0.2, 0.25) is 0 Å². The Morgan fingerprint density at radius 1 is 0.765 bits per heavy atom. The van der Waals surface area contributed by atoms with Crippen LogP contribution in [0.25, 0.3) is 11.1 Å². The Morgan fingerprint density at radius 2 is 1.41 bits per heavy atom. The van der Waals surface area contributed by atoms with Gasteiger partial charge in [0.2, 0.25) is 5.91 Å². The number of hydrogen-bond donors (Lipinski definition) is 1. The number of Topliss-reactive ketones (excluding diaryl/α,β-unsaturated/α-hetero) is 1. The molecule has 1 N–H and O–H groups in total. The molecule has 3 aromatic carbocycles. The molecule has 2 unspecified atom stereocenters. The van der Waals surface area contributed by atoms with Gasteiger partial charge in [-0.1, -0.05) is 66.7 Å². The van der Waals surface area contributed by atoms with Gasteiger partial charge in [0, 0.05) is 30.0 Å². The van der Waals surface area contributed by atoms with Gasteiger partial charge in [-0.05, 0) is 60.6 Å². The fraction of sp³-hybridized carbons (Fsp3) is 0.267. The van der Waals surface area contributed by atoms with Crippen LogP contribution in [-0.2, 0) is 9.59 Å². The van der Waals surface area contributed by atoms with Crippen molar-refractivity contribution in [2.75, 3.05) is 0 Å². The third kappa shape index (κ3) is 4.54. The largest absolute Gasteiger partial charge is 0.491 e. The third-order valence-electron chi connectivity index (χ3n) is 6.68. The number of carbonyl (C=O) groups is 2. The third-order valence-corrected chi connectivity index (χ3v) is 6.68. The van der Waals surface area contributed by atoms with E-state index >= 15 is 0 Å². The lowest BCUT2D eigenvalue weighted by Crippen LogP contribution is -2.38. The van der Waals surface area contributed by atoms with Crippen molar-refractivity contribution in [2.45, 2.75) is 51.0 Å². The molecule has 0 aromatic heterocycles. The summed E-state index contributed by atoms with van der Waals surface area (Å²) < 4.78 is 5.74. The predicted molar refractivity (Wildman–Crippen MR) is 134 cm³/mol. The Balaban J connectivity index is 1.40. The van der Waals surface area contributed by atoms with Gasteiger partial charge in [-0.15, -0.1) is 0 Å². The Labute approximate surface area is 200 Å². The molecule has 0 saturated heterocycles. The number of benzene rings is 3. The molecule has 1 amide bonds. The minimum absolute atomic E-state index is 0.0231. The highest BCUT2D eigenvalue weighted by atomic mass is 16.5. The molecule has 2 aliphatic rings. The number of rotatable bonds is 5. The number of hydrogen-bond acceptors (Lipinski definition) is 3. The van der Waals surface area contributed by atoms with Gasteiger partial charge in [0.1, 0.15) is 5.75 Å². The second kappa shape index (κ2) is 9.30. The Bertz CT molecular complexity index is 1220. The van der Waals surface area contributed by atoms with Gasteiger partial charge in [-0.2, -0.15) is 0 Å². The number of allylic oxidation sites excluding steroid dienone is 2. The summed E-state index contributed by atoms with van der Waals surface area (Å²) in [6.07, 6.45) is 1.54. The quantitative estimate of drug-likeness (QED) is 0.507. The second-order valence-electron chi connectivity index (χ2n) is 9.45. The van der Waals surface area contributed by atoms with Crippen LogP contribution >= 0.6 is 0 Å². The van der Waals surface area contributed by atoms with E-state index in [1.807, 2.05) is 56.3 Å². The Hall–Kier alpha value is -3.66. The molecule has 1 aliphatic carbocycles. The van der Waals surface area contributed by atoms with Crippen molar-refractivity contribution < 1.29 is 14.3 Å². The average molecular weight is 452 g/mol. The lowest BCUT2D eigenvalue weighted by molar-refractivity contribution is -0.122. The molecule has 0 radical (unpaired) electrons. The zero-order valence-corrected chi connectivity index (χ0v) is 19.6. The van der Waals surface area contributed by atoms with Crippen molar-refractivity contribution in [3.63, 3.8) is 0 Å². The van der Waals surface area contributed by atoms with Gasteiger partial charge in [-0.3, -0.25) is 9.59 Å². The molecule has 3 aromatic rings. The summed E-state index contributed by atoms with van der Waals surface area (Å²) >= 11 is 0. The number of amides is 1. The van der Waals surface area contributed by atoms with Crippen LogP contribution in [0.3, 0.4) is 0 Å². The lowest BCUT2D eigenvalue weighted by Gasteiger charge is -2.34. The maximum atomic E-state index is 13.4. The summed E-state index contributed by atoms with van der Waals surface area (Å²) in [5.74, 6) is 0.796. The zero-order chi connectivity index (χ0) is 23.7. The smallest absolute Gasteiger partial charge is 0.225 e. The molecule has 172 valence electrons. The molecule has 4 heteroatoms. The number of ketones is 1. The van der Waals surface area contributed by atoms with Gasteiger partial charge in [-0.25, -0.2) is 0 Å². The minimum Gasteiger partial charge on any atom is -0.491 e. The standard InChI is InChI=1S/C30H29NO3/c1-19(2)34-25-14-12-22(13-15-25)24-16-27-30(28(32)17-24)26(18-29(33)31-27)23-10-8-21(9-11-23)20-6-4-3-5-7-20/h3-15,19,24,26H,16-18H2,1-2H3,(H,31,33). The summed E-state index contributed by atoms with van der Waals surface area (Å²) in [5, 5.41) is 3.02. The van der Waals surface area contributed by atoms with Crippen LogP contribution in [0.15, 0.2) is 90.1 Å². The van der Waals surface area contributed by atoms with Crippen molar-refractivity contribution in [3.05, 3.63) is 101 Å². The molecule has 1 aliphatic heterocycles. The molecule has 0 saturated carbocycles. The van der Waals surface area contributed by atoms with Crippen molar-refractivity contribution >= 4 is 11.7 Å². The molecule has 5 rings (SSSR count). The lowest BCUT2D eigenvalue weighted by atomic mass is 9.73. The first-order valence-corrected chi connectivity index (χ1v) is 12.0. The van der Waals surface area contributed by atoms with E-state index in [-0.39, 0.29) is 29.6 Å². The van der Waals surface area contributed by atoms with Crippen molar-refractivity contribution in [2.24, 2.45) is 0 Å². The summed E-state index contributed by atoms with van der Waals surface area (Å²) in [6.45, 7) is 4.00. The molecular weight excluding hydrogens is 422 g/mol. The van der Waals surface area contributed by atoms with Crippen molar-refractivity contribution in [3.8, 4) is 16.9 Å². The van der Waals surface area contributed by atoms with Crippen LogP contribution in [0.5, 0.6) is 5.75 Å². The van der Waals surface area contributed by atoms with Crippen molar-refractivity contribution in [1.29, 1.82) is 0 Å². The fourth-order valence-corrected chi connectivity index (χ4v) is 5.11. The number of carbonyl (C=O) groups excluding carboxylic acids is 2. The van der Waals surface area contributed by atoms with Gasteiger partial charge in [0.05, 0.1) is 6.10 Å². The normalized spacial score (nSPS) is 20.2. The van der Waals surface area contributed by atoms with Crippen LogP contribution in [0, 0.1) is 0 Å². The van der Waals surface area contributed by atoms with E-state index in [2.05, 4.69) is 41.7 Å². The number of ether oxygens (including phenoxy) is 1. The van der Waals surface area contributed by atoms with E-state index in [1.165, 1.54) is 0 Å². The molecular formula is C30H29NO3. The van der Waals surface area contributed by atoms with E-state index in [0.717, 1.165) is 39.3 Å². The first-order valence-electron chi connectivity index (χ1n) is 12.0. The minimum atomic E-state index is -0.191. The molecule has 4 nitrogen and oxygen atoms in total. The van der Waals surface area contributed by atoms with E-state index < -0.39 is 0 Å². The highest BCUT2D eigenvalue weighted by Gasteiger charge is 2.38. The average Bonchev–Trinajstić information content (AvgIpc) is 2.84. The highest BCUT2D eigenvalue weighted by Crippen LogP contribution is 2.43. The maximum Gasteiger partial charge on any atom is 0.225 e. The fourth-order valence-electron chi connectivity index (χ4n) is 5.11. The van der Waals surface area contributed by atoms with E-state index in [0.29, 0.717) is 19.3 Å². The SMILES string of the molecule is CC(C)Oc1ccc(C2CC(=O)C3=C(C2)NC(=O)CC3c2ccc(-c3ccccc3)cc2)cc1. The van der Waals surface area contributed by atoms with Gasteiger partial charge >= 0.3 is 0 Å². The van der Waals surface area contributed by atoms with Crippen LogP contribution in [-0.4, -0.2) is 17.8 Å². The second-order valence-corrected chi connectivity index (χ2v) is 9.45. The first-order chi connectivity index (χ1) is 16.5. The van der Waals surface area contributed by atoms with Gasteiger partial charge in [0.25, 0.3) is 0 Å². The Morgan fingerprint density at radius 3 is 2.09 bits per heavy atom. The first kappa shape index (κ1) is 22.1. The number of nitrogens with one attached hydrogen (secondary N) is 1. The van der Waals surface area contributed by atoms with Crippen LogP contribution in [0.1, 0.15) is 56.1 Å². The molecule has 0 fully saturated rings. The summed E-state index contributed by atoms with van der Waals surface area (Å²) in [7, 11) is 0. The molecule has 0 bridgehead atoms. The van der Waals surface area contributed by atoms with Crippen molar-refractivity contribution in [1.82, 2.24) is 5.32 Å². The summed E-state index contributed by atoms with van der Waals surface area (Å²) in [6, 6.07) is 26.5. The molecule has 34 heavy (non-hydrogen) atoms. The summed E-state index contributed by atoms with van der Waals surface area (Å²) in [5.41, 5.74) is 5.96. The maximum absolute atomic E-state index is 13.4. The van der Waals surface area contributed by atoms with Crippen LogP contribution < -0.4 is 10.1 Å². The van der Waals surface area contributed by atoms with E-state index in [4.69, 9.17) is 4.74 Å². The molecule has 0 spiro atoms. The van der Waals surface area contributed by atoms with Crippen LogP contribution in [0.4, 0.5) is 0 Å². The molecule has 2 atom stereocenters. The topological polar surface area (TPSA) is 55.4 Å². The zero-order valence-electron chi connectivity index (χ0n) is 19.6. The van der Waals surface area contributed by atoms with Gasteiger partial charge < -0.3 is 10.1 Å². The van der Waals surface area contributed by atoms with Gasteiger partial charge in [0.15, 0.2) is 5.78 Å². The van der Waals surface area contributed by atoms with E-state index in [9.17, 15) is 9.59 Å². The monoisotopic (exact) mass is 451 g/mol. The molecule has 1 heterocycles. The highest BCUT2D eigenvalue weighted by molar-refractivity contribution is 6.02. The predicted octanol–water partition coefficient (Wildman–Crippen LogP) is 6.15. The Kier molecular flexibility index (Phi) is 6.06. The van der Waals surface area contributed by atoms with E-state index in [1.54, 1.807) is 0 Å².